The molecule has 1 amide bonds. The number of hydrogen-bond donors (Lipinski definition) is 1. The summed E-state index contributed by atoms with van der Waals surface area (Å²) in [6.45, 7) is 2.47. The number of methoxy groups -OCH3 is 1. The molecule has 26 heavy (non-hydrogen) atoms. The number of nitrogens with one attached hydrogen (secondary N) is 1. The van der Waals surface area contributed by atoms with E-state index in [2.05, 4.69) is 5.32 Å². The first kappa shape index (κ1) is 18.3. The van der Waals surface area contributed by atoms with Crippen molar-refractivity contribution in [2.75, 3.05) is 50.1 Å². The Morgan fingerprint density at radius 1 is 1.19 bits per heavy atom. The lowest BCUT2D eigenvalue weighted by Crippen LogP contribution is -2.50. The largest absolute Gasteiger partial charge is 0.495 e. The molecule has 3 rings (SSSR count). The van der Waals surface area contributed by atoms with E-state index < -0.39 is 0 Å². The summed E-state index contributed by atoms with van der Waals surface area (Å²) in [5.41, 5.74) is 1.26. The van der Waals surface area contributed by atoms with Crippen molar-refractivity contribution in [3.63, 3.8) is 0 Å². The topological polar surface area (TPSA) is 44.8 Å². The Morgan fingerprint density at radius 2 is 1.92 bits per heavy atom. The van der Waals surface area contributed by atoms with Crippen LogP contribution in [0, 0.1) is 5.82 Å². The van der Waals surface area contributed by atoms with Gasteiger partial charge in [0, 0.05) is 31.2 Å². The number of piperazine rings is 1. The average Bonchev–Trinajstić information content (AvgIpc) is 2.67. The number of nitrogens with zero attached hydrogens (tertiary/aromatic N) is 2. The highest BCUT2D eigenvalue weighted by molar-refractivity contribution is 6.30. The van der Waals surface area contributed by atoms with Crippen LogP contribution in [-0.2, 0) is 4.79 Å². The smallest absolute Gasteiger partial charge is 0.241 e. The number of rotatable bonds is 5. The molecule has 1 aliphatic heterocycles. The second-order valence-electron chi connectivity index (χ2n) is 6.02. The molecular formula is C19H21ClFN3O2. The van der Waals surface area contributed by atoms with Crippen molar-refractivity contribution in [1.82, 2.24) is 4.90 Å². The predicted molar refractivity (Wildman–Crippen MR) is 102 cm³/mol. The Hall–Kier alpha value is -2.47. The Balaban J connectivity index is 1.54. The van der Waals surface area contributed by atoms with E-state index in [0.717, 1.165) is 0 Å². The van der Waals surface area contributed by atoms with E-state index in [1.54, 1.807) is 42.3 Å². The molecule has 1 fully saturated rings. The van der Waals surface area contributed by atoms with Gasteiger partial charge in [-0.2, -0.15) is 0 Å². The second-order valence-corrected chi connectivity index (χ2v) is 6.45. The van der Waals surface area contributed by atoms with Crippen molar-refractivity contribution in [3.8, 4) is 5.75 Å². The summed E-state index contributed by atoms with van der Waals surface area (Å²) in [6, 6.07) is 11.9. The van der Waals surface area contributed by atoms with Crippen molar-refractivity contribution < 1.29 is 13.9 Å². The fraction of sp³-hybridized carbons (Fsp3) is 0.316. The van der Waals surface area contributed by atoms with Gasteiger partial charge in [0.2, 0.25) is 5.91 Å². The van der Waals surface area contributed by atoms with Gasteiger partial charge in [-0.15, -0.1) is 0 Å². The predicted octanol–water partition coefficient (Wildman–Crippen LogP) is 3.25. The monoisotopic (exact) mass is 377 g/mol. The Kier molecular flexibility index (Phi) is 5.83. The Morgan fingerprint density at radius 3 is 2.62 bits per heavy atom. The van der Waals surface area contributed by atoms with E-state index in [4.69, 9.17) is 16.3 Å². The van der Waals surface area contributed by atoms with Gasteiger partial charge < -0.3 is 19.9 Å². The van der Waals surface area contributed by atoms with E-state index in [1.807, 2.05) is 11.0 Å². The van der Waals surface area contributed by atoms with Gasteiger partial charge in [0.1, 0.15) is 11.6 Å². The van der Waals surface area contributed by atoms with Crippen LogP contribution in [0.4, 0.5) is 15.8 Å². The molecule has 0 atom stereocenters. The Bertz CT molecular complexity index is 779. The van der Waals surface area contributed by atoms with Gasteiger partial charge in [-0.05, 0) is 30.3 Å². The maximum Gasteiger partial charge on any atom is 0.241 e. The molecule has 2 aromatic rings. The third-order valence-corrected chi connectivity index (χ3v) is 4.65. The highest BCUT2D eigenvalue weighted by atomic mass is 35.5. The zero-order valence-corrected chi connectivity index (χ0v) is 15.3. The molecule has 0 saturated carbocycles. The van der Waals surface area contributed by atoms with Crippen LogP contribution >= 0.6 is 11.6 Å². The minimum Gasteiger partial charge on any atom is -0.495 e. The number of para-hydroxylation sites is 1. The molecular weight excluding hydrogens is 357 g/mol. The highest BCUT2D eigenvalue weighted by Crippen LogP contribution is 2.27. The molecule has 138 valence electrons. The summed E-state index contributed by atoms with van der Waals surface area (Å²) in [5, 5.41) is 3.65. The fourth-order valence-corrected chi connectivity index (χ4v) is 3.18. The molecule has 0 spiro atoms. The summed E-state index contributed by atoms with van der Waals surface area (Å²) in [4.78, 5) is 16.2. The standard InChI is InChI=1S/C19H21ClFN3O2/c1-26-18-7-6-14(20)12-16(18)22-13-19(25)24-10-8-23(9-11-24)17-5-3-2-4-15(17)21/h2-7,12,22H,8-11,13H2,1H3. The third kappa shape index (κ3) is 4.19. The van der Waals surface area contributed by atoms with E-state index >= 15 is 0 Å². The lowest BCUT2D eigenvalue weighted by atomic mass is 10.2. The summed E-state index contributed by atoms with van der Waals surface area (Å²) in [7, 11) is 1.57. The van der Waals surface area contributed by atoms with Crippen LogP contribution in [0.1, 0.15) is 0 Å². The molecule has 1 saturated heterocycles. The van der Waals surface area contributed by atoms with Crippen molar-refractivity contribution >= 4 is 28.9 Å². The van der Waals surface area contributed by atoms with Gasteiger partial charge in [0.25, 0.3) is 0 Å². The van der Waals surface area contributed by atoms with Crippen LogP contribution in [0.15, 0.2) is 42.5 Å². The first-order valence-electron chi connectivity index (χ1n) is 8.43. The van der Waals surface area contributed by atoms with Gasteiger partial charge >= 0.3 is 0 Å². The molecule has 0 radical (unpaired) electrons. The van der Waals surface area contributed by atoms with Gasteiger partial charge in [-0.1, -0.05) is 23.7 Å². The van der Waals surface area contributed by atoms with Gasteiger partial charge in [0.05, 0.1) is 25.0 Å². The fourth-order valence-electron chi connectivity index (χ4n) is 3.01. The molecule has 0 unspecified atom stereocenters. The zero-order valence-electron chi connectivity index (χ0n) is 14.5. The molecule has 1 N–H and O–H groups in total. The maximum atomic E-state index is 13.9. The number of ether oxygens (including phenoxy) is 1. The third-order valence-electron chi connectivity index (χ3n) is 4.42. The van der Waals surface area contributed by atoms with E-state index in [0.29, 0.717) is 48.3 Å². The molecule has 5 nitrogen and oxygen atoms in total. The molecule has 2 aromatic carbocycles. The molecule has 0 aromatic heterocycles. The summed E-state index contributed by atoms with van der Waals surface area (Å²) in [6.07, 6.45) is 0. The van der Waals surface area contributed by atoms with Crippen molar-refractivity contribution in [1.29, 1.82) is 0 Å². The number of carbonyl (C=O) groups excluding carboxylic acids is 1. The van der Waals surface area contributed by atoms with Crippen molar-refractivity contribution in [2.45, 2.75) is 0 Å². The number of benzene rings is 2. The number of halogens is 2. The summed E-state index contributed by atoms with van der Waals surface area (Å²) < 4.78 is 19.2. The van der Waals surface area contributed by atoms with Crippen LogP contribution in [0.25, 0.3) is 0 Å². The van der Waals surface area contributed by atoms with Crippen LogP contribution < -0.4 is 15.0 Å². The van der Waals surface area contributed by atoms with E-state index in [-0.39, 0.29) is 18.3 Å². The maximum absolute atomic E-state index is 13.9. The first-order chi connectivity index (χ1) is 12.6. The van der Waals surface area contributed by atoms with E-state index in [9.17, 15) is 9.18 Å². The molecule has 7 heteroatoms. The minimum atomic E-state index is -0.234. The second kappa shape index (κ2) is 8.27. The van der Waals surface area contributed by atoms with Crippen LogP contribution in [-0.4, -0.2) is 50.6 Å². The summed E-state index contributed by atoms with van der Waals surface area (Å²) in [5.74, 6) is 0.383. The molecule has 1 aliphatic rings. The van der Waals surface area contributed by atoms with Gasteiger partial charge in [-0.25, -0.2) is 4.39 Å². The molecule has 1 heterocycles. The number of anilines is 2. The molecule has 0 bridgehead atoms. The number of hydrogen-bond acceptors (Lipinski definition) is 4. The van der Waals surface area contributed by atoms with Gasteiger partial charge in [-0.3, -0.25) is 4.79 Å². The number of amides is 1. The number of carbonyl (C=O) groups is 1. The lowest BCUT2D eigenvalue weighted by Gasteiger charge is -2.36. The Labute approximate surface area is 157 Å². The first-order valence-corrected chi connectivity index (χ1v) is 8.81. The van der Waals surface area contributed by atoms with Crippen molar-refractivity contribution in [3.05, 3.63) is 53.3 Å². The quantitative estimate of drug-likeness (QED) is 0.868. The lowest BCUT2D eigenvalue weighted by molar-refractivity contribution is -0.129. The SMILES string of the molecule is COc1ccc(Cl)cc1NCC(=O)N1CCN(c2ccccc2F)CC1. The zero-order chi connectivity index (χ0) is 18.5. The van der Waals surface area contributed by atoms with Gasteiger partial charge in [0.15, 0.2) is 0 Å². The van der Waals surface area contributed by atoms with Crippen LogP contribution in [0.2, 0.25) is 5.02 Å². The van der Waals surface area contributed by atoms with Crippen LogP contribution in [0.5, 0.6) is 5.75 Å². The summed E-state index contributed by atoms with van der Waals surface area (Å²) >= 11 is 6.00. The minimum absolute atomic E-state index is 0.0137. The van der Waals surface area contributed by atoms with Crippen LogP contribution in [0.3, 0.4) is 0 Å². The molecule has 0 aliphatic carbocycles. The normalized spacial score (nSPS) is 14.3. The average molecular weight is 378 g/mol. The highest BCUT2D eigenvalue weighted by Gasteiger charge is 2.22. The van der Waals surface area contributed by atoms with Crippen molar-refractivity contribution in [2.24, 2.45) is 0 Å². The van der Waals surface area contributed by atoms with E-state index in [1.165, 1.54) is 6.07 Å².